The van der Waals surface area contributed by atoms with Crippen molar-refractivity contribution >= 4 is 17.5 Å². The number of rotatable bonds is 8. The highest BCUT2D eigenvalue weighted by molar-refractivity contribution is 5.84. The zero-order valence-corrected chi connectivity index (χ0v) is 14.6. The summed E-state index contributed by atoms with van der Waals surface area (Å²) < 4.78 is 0. The van der Waals surface area contributed by atoms with Crippen LogP contribution >= 0.6 is 0 Å². The lowest BCUT2D eigenvalue weighted by Crippen LogP contribution is -2.39. The lowest BCUT2D eigenvalue weighted by atomic mass is 10.1. The third-order valence-corrected chi connectivity index (χ3v) is 3.92. The number of carbonyl (C=O) groups excluding carboxylic acids is 2. The Balaban J connectivity index is 2.60. The Kier molecular flexibility index (Phi) is 7.35. The lowest BCUT2D eigenvalue weighted by molar-refractivity contribution is -0.384. The van der Waals surface area contributed by atoms with Crippen LogP contribution in [0.5, 0.6) is 0 Å². The van der Waals surface area contributed by atoms with Gasteiger partial charge < -0.3 is 10.2 Å². The predicted octanol–water partition coefficient (Wildman–Crippen LogP) is 2.67. The number of amides is 2. The van der Waals surface area contributed by atoms with Crippen molar-refractivity contribution in [3.63, 3.8) is 0 Å². The molecule has 0 spiro atoms. The minimum Gasteiger partial charge on any atom is -0.347 e. The second-order valence-corrected chi connectivity index (χ2v) is 6.24. The Morgan fingerprint density at radius 3 is 2.54 bits per heavy atom. The molecule has 7 nitrogen and oxygen atoms in total. The van der Waals surface area contributed by atoms with Gasteiger partial charge in [-0.3, -0.25) is 19.7 Å². The third kappa shape index (κ3) is 5.98. The third-order valence-electron chi connectivity index (χ3n) is 3.92. The molecule has 0 saturated carbocycles. The Hall–Kier alpha value is -2.44. The minimum absolute atomic E-state index is 0.0119. The summed E-state index contributed by atoms with van der Waals surface area (Å²) in [6, 6.07) is 5.87. The first kappa shape index (κ1) is 19.6. The van der Waals surface area contributed by atoms with Crippen LogP contribution < -0.4 is 5.32 Å². The molecule has 0 radical (unpaired) electrons. The normalized spacial score (nSPS) is 11.9. The summed E-state index contributed by atoms with van der Waals surface area (Å²) in [4.78, 5) is 35.7. The molecule has 1 N–H and O–H groups in total. The smallest absolute Gasteiger partial charge is 0.269 e. The molecule has 2 amide bonds. The van der Waals surface area contributed by atoms with Gasteiger partial charge in [0, 0.05) is 25.6 Å². The fourth-order valence-corrected chi connectivity index (χ4v) is 2.14. The maximum Gasteiger partial charge on any atom is 0.269 e. The summed E-state index contributed by atoms with van der Waals surface area (Å²) in [6.45, 7) is 5.78. The number of nitro benzene ring substituents is 1. The van der Waals surface area contributed by atoms with E-state index < -0.39 is 4.92 Å². The number of benzene rings is 1. The van der Waals surface area contributed by atoms with E-state index in [9.17, 15) is 19.7 Å². The van der Waals surface area contributed by atoms with Crippen LogP contribution in [-0.2, 0) is 9.59 Å². The van der Waals surface area contributed by atoms with Crippen molar-refractivity contribution in [2.24, 2.45) is 5.92 Å². The molecule has 0 fully saturated rings. The summed E-state index contributed by atoms with van der Waals surface area (Å²) in [5.74, 6) is 0.0448. The molecule has 0 unspecified atom stereocenters. The fourth-order valence-electron chi connectivity index (χ4n) is 2.14. The number of nitro groups is 1. The quantitative estimate of drug-likeness (QED) is 0.584. The van der Waals surface area contributed by atoms with Gasteiger partial charge in [-0.2, -0.15) is 0 Å². The van der Waals surface area contributed by atoms with Gasteiger partial charge in [0.1, 0.15) is 0 Å². The van der Waals surface area contributed by atoms with E-state index >= 15 is 0 Å². The van der Waals surface area contributed by atoms with Crippen LogP contribution in [-0.4, -0.2) is 35.2 Å². The van der Waals surface area contributed by atoms with Crippen LogP contribution in [0.15, 0.2) is 24.3 Å². The van der Waals surface area contributed by atoms with E-state index in [-0.39, 0.29) is 30.1 Å². The molecule has 1 rings (SSSR count). The van der Waals surface area contributed by atoms with Crippen molar-refractivity contribution in [2.45, 2.75) is 39.7 Å². The van der Waals surface area contributed by atoms with E-state index in [0.29, 0.717) is 17.9 Å². The van der Waals surface area contributed by atoms with E-state index in [1.807, 2.05) is 13.8 Å². The molecule has 0 heterocycles. The first-order valence-corrected chi connectivity index (χ1v) is 7.99. The van der Waals surface area contributed by atoms with Crippen LogP contribution in [0.3, 0.4) is 0 Å². The van der Waals surface area contributed by atoms with Gasteiger partial charge in [0.2, 0.25) is 11.8 Å². The fraction of sp³-hybridized carbons (Fsp3) is 0.529. The van der Waals surface area contributed by atoms with Crippen molar-refractivity contribution in [2.75, 3.05) is 13.6 Å². The van der Waals surface area contributed by atoms with Crippen LogP contribution in [0.2, 0.25) is 0 Å². The second-order valence-electron chi connectivity index (χ2n) is 6.24. The molecule has 1 aromatic rings. The number of carbonyl (C=O) groups is 2. The monoisotopic (exact) mass is 335 g/mol. The van der Waals surface area contributed by atoms with E-state index in [1.165, 1.54) is 17.0 Å². The van der Waals surface area contributed by atoms with Crippen LogP contribution in [0.25, 0.3) is 0 Å². The molecule has 1 atom stereocenters. The van der Waals surface area contributed by atoms with E-state index in [1.54, 1.807) is 26.1 Å². The highest BCUT2D eigenvalue weighted by Crippen LogP contribution is 2.22. The van der Waals surface area contributed by atoms with Gasteiger partial charge in [0.15, 0.2) is 0 Å². The van der Waals surface area contributed by atoms with Crippen molar-refractivity contribution in [1.82, 2.24) is 10.2 Å². The highest BCUT2D eigenvalue weighted by atomic mass is 16.6. The van der Waals surface area contributed by atoms with Crippen LogP contribution in [0, 0.1) is 16.0 Å². The zero-order chi connectivity index (χ0) is 18.3. The largest absolute Gasteiger partial charge is 0.347 e. The van der Waals surface area contributed by atoms with Gasteiger partial charge in [0.25, 0.3) is 5.69 Å². The maximum absolute atomic E-state index is 12.2. The van der Waals surface area contributed by atoms with Gasteiger partial charge in [0.05, 0.1) is 17.5 Å². The van der Waals surface area contributed by atoms with Crippen molar-refractivity contribution in [3.8, 4) is 0 Å². The van der Waals surface area contributed by atoms with Crippen LogP contribution in [0.1, 0.15) is 45.2 Å². The molecule has 0 aliphatic carbocycles. The summed E-state index contributed by atoms with van der Waals surface area (Å²) in [7, 11) is 1.62. The molecule has 24 heavy (non-hydrogen) atoms. The van der Waals surface area contributed by atoms with Crippen molar-refractivity contribution < 1.29 is 14.5 Å². The van der Waals surface area contributed by atoms with Gasteiger partial charge >= 0.3 is 0 Å². The second kappa shape index (κ2) is 9.00. The number of nitrogens with zero attached hydrogens (tertiary/aromatic N) is 2. The number of likely N-dealkylation sites (N-methyl/N-ethyl adjacent to an activating group) is 1. The Labute approximate surface area is 142 Å². The van der Waals surface area contributed by atoms with E-state index in [0.717, 1.165) is 6.42 Å². The standard InChI is InChI=1S/C17H25N3O4/c1-12(2)8-9-16(21)18-11-17(22)19(4)13(3)14-6-5-7-15(10-14)20(23)24/h5-7,10,12-13H,8-9,11H2,1-4H3,(H,18,21)/t13-/m0/s1. The summed E-state index contributed by atoms with van der Waals surface area (Å²) in [6.07, 6.45) is 1.18. The Morgan fingerprint density at radius 1 is 1.29 bits per heavy atom. The number of hydrogen-bond acceptors (Lipinski definition) is 4. The number of hydrogen-bond donors (Lipinski definition) is 1. The van der Waals surface area contributed by atoms with Crippen molar-refractivity contribution in [3.05, 3.63) is 39.9 Å². The molecule has 132 valence electrons. The Bertz CT molecular complexity index is 601. The molecular formula is C17H25N3O4. The molecule has 0 aromatic heterocycles. The van der Waals surface area contributed by atoms with E-state index in [2.05, 4.69) is 5.32 Å². The van der Waals surface area contributed by atoms with E-state index in [4.69, 9.17) is 0 Å². The molecule has 7 heteroatoms. The van der Waals surface area contributed by atoms with Gasteiger partial charge in [-0.25, -0.2) is 0 Å². The van der Waals surface area contributed by atoms with Crippen LogP contribution in [0.4, 0.5) is 5.69 Å². The minimum atomic E-state index is -0.465. The molecule has 1 aromatic carbocycles. The zero-order valence-electron chi connectivity index (χ0n) is 14.6. The topological polar surface area (TPSA) is 92.6 Å². The number of nitrogens with one attached hydrogen (secondary N) is 1. The first-order valence-electron chi connectivity index (χ1n) is 7.99. The van der Waals surface area contributed by atoms with Crippen molar-refractivity contribution in [1.29, 1.82) is 0 Å². The Morgan fingerprint density at radius 2 is 1.96 bits per heavy atom. The SMILES string of the molecule is CC(C)CCC(=O)NCC(=O)N(C)[C@@H](C)c1cccc([N+](=O)[O-])c1. The average molecular weight is 335 g/mol. The highest BCUT2D eigenvalue weighted by Gasteiger charge is 2.19. The summed E-state index contributed by atoms with van der Waals surface area (Å²) in [5, 5.41) is 13.5. The molecule has 0 bridgehead atoms. The average Bonchev–Trinajstić information content (AvgIpc) is 2.56. The van der Waals surface area contributed by atoms with Gasteiger partial charge in [-0.1, -0.05) is 26.0 Å². The summed E-state index contributed by atoms with van der Waals surface area (Å²) >= 11 is 0. The molecular weight excluding hydrogens is 310 g/mol. The molecule has 0 aliphatic heterocycles. The number of non-ortho nitro benzene ring substituents is 1. The lowest BCUT2D eigenvalue weighted by Gasteiger charge is -2.25. The van der Waals surface area contributed by atoms with Gasteiger partial charge in [-0.05, 0) is 24.8 Å². The predicted molar refractivity (Wildman–Crippen MR) is 91.4 cm³/mol. The maximum atomic E-state index is 12.2. The first-order chi connectivity index (χ1) is 11.2. The molecule has 0 aliphatic rings. The summed E-state index contributed by atoms with van der Waals surface area (Å²) in [5.41, 5.74) is 0.661. The van der Waals surface area contributed by atoms with Gasteiger partial charge in [-0.15, -0.1) is 0 Å². The molecule has 0 saturated heterocycles.